The van der Waals surface area contributed by atoms with Crippen LogP contribution in [0.5, 0.6) is 0 Å². The van der Waals surface area contributed by atoms with E-state index in [9.17, 15) is 4.79 Å². The van der Waals surface area contributed by atoms with Crippen LogP contribution in [0, 0.1) is 0 Å². The molecule has 5 rings (SSSR count). The molecule has 1 fully saturated rings. The van der Waals surface area contributed by atoms with Gasteiger partial charge >= 0.3 is 0 Å². The molecule has 0 unspecified atom stereocenters. The Morgan fingerprint density at radius 2 is 1.64 bits per heavy atom. The lowest BCUT2D eigenvalue weighted by atomic mass is 10.1. The fraction of sp³-hybridized carbons (Fsp3) is 0.269. The molecule has 0 bridgehead atoms. The number of aromatic amines is 1. The van der Waals surface area contributed by atoms with E-state index < -0.39 is 0 Å². The Labute approximate surface area is 193 Å². The number of nitrogens with one attached hydrogen (secondary N) is 1. The molecule has 33 heavy (non-hydrogen) atoms. The smallest absolute Gasteiger partial charge is 0.270 e. The third kappa shape index (κ3) is 4.73. The summed E-state index contributed by atoms with van der Waals surface area (Å²) in [7, 11) is 0. The van der Waals surface area contributed by atoms with Crippen molar-refractivity contribution in [2.45, 2.75) is 12.8 Å². The van der Waals surface area contributed by atoms with Crippen molar-refractivity contribution in [2.75, 3.05) is 38.5 Å². The summed E-state index contributed by atoms with van der Waals surface area (Å²) in [5.74, 6) is 0.903. The highest BCUT2D eigenvalue weighted by Gasteiger charge is 2.24. The molecule has 1 aliphatic heterocycles. The lowest BCUT2D eigenvalue weighted by Crippen LogP contribution is -2.49. The maximum atomic E-state index is 13.1. The molecule has 0 saturated carbocycles. The number of fused-ring (bicyclic) bond motifs is 1. The van der Waals surface area contributed by atoms with E-state index in [1.165, 1.54) is 5.56 Å². The van der Waals surface area contributed by atoms with Gasteiger partial charge in [-0.1, -0.05) is 60.7 Å². The van der Waals surface area contributed by atoms with Crippen LogP contribution >= 0.6 is 0 Å². The molecule has 0 atom stereocenters. The molecule has 1 amide bonds. The van der Waals surface area contributed by atoms with E-state index in [0.29, 0.717) is 28.4 Å². The number of aryl methyl sites for hydroxylation is 1. The quantitative estimate of drug-likeness (QED) is 0.478. The number of rotatable bonds is 6. The predicted molar refractivity (Wildman–Crippen MR) is 131 cm³/mol. The van der Waals surface area contributed by atoms with Gasteiger partial charge in [-0.15, -0.1) is 0 Å². The van der Waals surface area contributed by atoms with Gasteiger partial charge in [-0.2, -0.15) is 0 Å². The highest BCUT2D eigenvalue weighted by atomic mass is 16.2. The summed E-state index contributed by atoms with van der Waals surface area (Å²) in [6.07, 6.45) is 2.21. The number of H-pyrrole nitrogens is 1. The van der Waals surface area contributed by atoms with Gasteiger partial charge in [-0.05, 0) is 31.0 Å². The standard InChI is InChI=1S/C26H28N6O/c27-23-21-18-22(28-25(21)30-24(29-23)20-11-5-2-6-12-20)26(33)32-16-14-31(15-17-32)13-7-10-19-8-3-1-4-9-19/h1-6,8-9,11-12,18H,7,10,13-17H2,(H3,27,28,29,30). The molecule has 0 radical (unpaired) electrons. The minimum absolute atomic E-state index is 0.0161. The number of hydrogen-bond donors (Lipinski definition) is 2. The number of amides is 1. The molecule has 2 aromatic carbocycles. The molecule has 1 saturated heterocycles. The molecule has 1 aliphatic rings. The Kier molecular flexibility index (Phi) is 6.04. The third-order valence-corrected chi connectivity index (χ3v) is 6.22. The molecule has 168 valence electrons. The number of nitrogens with zero attached hydrogens (tertiary/aromatic N) is 4. The van der Waals surface area contributed by atoms with Crippen molar-refractivity contribution in [3.8, 4) is 11.4 Å². The number of carbonyl (C=O) groups is 1. The molecule has 7 nitrogen and oxygen atoms in total. The summed E-state index contributed by atoms with van der Waals surface area (Å²) in [5, 5.41) is 0.678. The normalized spacial score (nSPS) is 14.6. The fourth-order valence-electron chi connectivity index (χ4n) is 4.36. The molecular formula is C26H28N6O. The van der Waals surface area contributed by atoms with Gasteiger partial charge in [0.05, 0.1) is 5.39 Å². The Balaban J connectivity index is 1.21. The van der Waals surface area contributed by atoms with Gasteiger partial charge < -0.3 is 15.6 Å². The van der Waals surface area contributed by atoms with Crippen LogP contribution in [0.1, 0.15) is 22.5 Å². The van der Waals surface area contributed by atoms with E-state index in [1.807, 2.05) is 35.2 Å². The van der Waals surface area contributed by atoms with Crippen molar-refractivity contribution in [1.82, 2.24) is 24.8 Å². The van der Waals surface area contributed by atoms with Crippen LogP contribution in [-0.4, -0.2) is 63.4 Å². The Morgan fingerprint density at radius 3 is 2.36 bits per heavy atom. The summed E-state index contributed by atoms with van der Waals surface area (Å²) >= 11 is 0. The zero-order valence-corrected chi connectivity index (χ0v) is 18.6. The largest absolute Gasteiger partial charge is 0.383 e. The summed E-state index contributed by atoms with van der Waals surface area (Å²) in [6.45, 7) is 4.27. The average Bonchev–Trinajstić information content (AvgIpc) is 3.30. The monoisotopic (exact) mass is 440 g/mol. The predicted octanol–water partition coefficient (Wildman–Crippen LogP) is 3.60. The Hall–Kier alpha value is -3.71. The number of piperazine rings is 1. The number of nitrogens with two attached hydrogens (primary N) is 1. The summed E-state index contributed by atoms with van der Waals surface area (Å²) in [6, 6.07) is 22.0. The number of aromatic nitrogens is 3. The Bertz CT molecular complexity index is 1230. The number of anilines is 1. The lowest BCUT2D eigenvalue weighted by molar-refractivity contribution is 0.0631. The second kappa shape index (κ2) is 9.42. The fourth-order valence-corrected chi connectivity index (χ4v) is 4.36. The van der Waals surface area contributed by atoms with Crippen LogP contribution in [0.25, 0.3) is 22.4 Å². The highest BCUT2D eigenvalue weighted by molar-refractivity contribution is 6.00. The summed E-state index contributed by atoms with van der Waals surface area (Å²) in [4.78, 5) is 29.7. The maximum absolute atomic E-state index is 13.1. The number of benzene rings is 2. The molecule has 2 aromatic heterocycles. The van der Waals surface area contributed by atoms with Crippen molar-refractivity contribution in [3.05, 3.63) is 78.0 Å². The van der Waals surface area contributed by atoms with E-state index in [0.717, 1.165) is 51.1 Å². The zero-order valence-electron chi connectivity index (χ0n) is 18.6. The molecule has 3 N–H and O–H groups in total. The molecule has 0 aliphatic carbocycles. The van der Waals surface area contributed by atoms with Crippen LogP contribution in [0.2, 0.25) is 0 Å². The molecular weight excluding hydrogens is 412 g/mol. The second-order valence-corrected chi connectivity index (χ2v) is 8.47. The SMILES string of the molecule is Nc1nc(-c2ccccc2)nc2[nH]c(C(=O)N3CCN(CCCc4ccccc4)CC3)cc12. The second-order valence-electron chi connectivity index (χ2n) is 8.47. The molecule has 7 heteroatoms. The number of nitrogen functional groups attached to an aromatic ring is 1. The summed E-state index contributed by atoms with van der Waals surface area (Å²) in [5.41, 5.74) is 9.55. The van der Waals surface area contributed by atoms with E-state index >= 15 is 0 Å². The number of carbonyl (C=O) groups excluding carboxylic acids is 1. The van der Waals surface area contributed by atoms with Crippen molar-refractivity contribution in [3.63, 3.8) is 0 Å². The topological polar surface area (TPSA) is 91.1 Å². The summed E-state index contributed by atoms with van der Waals surface area (Å²) < 4.78 is 0. The van der Waals surface area contributed by atoms with E-state index in [4.69, 9.17) is 5.73 Å². The molecule has 4 aromatic rings. The number of hydrogen-bond acceptors (Lipinski definition) is 5. The minimum Gasteiger partial charge on any atom is -0.383 e. The molecule has 0 spiro atoms. The maximum Gasteiger partial charge on any atom is 0.270 e. The first kappa shape index (κ1) is 21.2. The van der Waals surface area contributed by atoms with Crippen molar-refractivity contribution >= 4 is 22.8 Å². The Morgan fingerprint density at radius 1 is 0.939 bits per heavy atom. The van der Waals surface area contributed by atoms with E-state index in [-0.39, 0.29) is 5.91 Å². The lowest BCUT2D eigenvalue weighted by Gasteiger charge is -2.34. The van der Waals surface area contributed by atoms with Crippen molar-refractivity contribution < 1.29 is 4.79 Å². The average molecular weight is 441 g/mol. The van der Waals surface area contributed by atoms with Gasteiger partial charge in [-0.25, -0.2) is 9.97 Å². The van der Waals surface area contributed by atoms with Crippen molar-refractivity contribution in [2.24, 2.45) is 0 Å². The third-order valence-electron chi connectivity index (χ3n) is 6.22. The minimum atomic E-state index is -0.0161. The van der Waals surface area contributed by atoms with E-state index in [2.05, 4.69) is 50.2 Å². The van der Waals surface area contributed by atoms with Crippen molar-refractivity contribution in [1.29, 1.82) is 0 Å². The van der Waals surface area contributed by atoms with Gasteiger partial charge in [0, 0.05) is 31.7 Å². The highest BCUT2D eigenvalue weighted by Crippen LogP contribution is 2.24. The first-order valence-electron chi connectivity index (χ1n) is 11.4. The van der Waals surface area contributed by atoms with Gasteiger partial charge in [0.25, 0.3) is 5.91 Å². The van der Waals surface area contributed by atoms with Gasteiger partial charge in [-0.3, -0.25) is 9.69 Å². The molecule has 3 heterocycles. The van der Waals surface area contributed by atoms with Gasteiger partial charge in [0.2, 0.25) is 0 Å². The first-order valence-corrected chi connectivity index (χ1v) is 11.4. The van der Waals surface area contributed by atoms with Crippen LogP contribution in [0.15, 0.2) is 66.7 Å². The van der Waals surface area contributed by atoms with E-state index in [1.54, 1.807) is 6.07 Å². The van der Waals surface area contributed by atoms with Gasteiger partial charge in [0.15, 0.2) is 5.82 Å². The van der Waals surface area contributed by atoms with Crippen LogP contribution < -0.4 is 5.73 Å². The van der Waals surface area contributed by atoms with Crippen LogP contribution in [0.4, 0.5) is 5.82 Å². The zero-order chi connectivity index (χ0) is 22.6. The first-order chi connectivity index (χ1) is 16.2. The van der Waals surface area contributed by atoms with Crippen LogP contribution in [0.3, 0.4) is 0 Å². The van der Waals surface area contributed by atoms with Crippen LogP contribution in [-0.2, 0) is 6.42 Å². The van der Waals surface area contributed by atoms with Gasteiger partial charge in [0.1, 0.15) is 17.2 Å².